The highest BCUT2D eigenvalue weighted by Gasteiger charge is 2.21. The molecule has 0 saturated carbocycles. The summed E-state index contributed by atoms with van der Waals surface area (Å²) in [6.45, 7) is 7.70. The summed E-state index contributed by atoms with van der Waals surface area (Å²) in [7, 11) is 0. The Morgan fingerprint density at radius 3 is 2.91 bits per heavy atom. The summed E-state index contributed by atoms with van der Waals surface area (Å²) < 4.78 is 13.0. The van der Waals surface area contributed by atoms with Crippen molar-refractivity contribution in [1.29, 1.82) is 0 Å². The van der Waals surface area contributed by atoms with E-state index in [9.17, 15) is 4.79 Å². The number of anilines is 1. The Hall–Kier alpha value is -3.72. The molecule has 0 aliphatic carbocycles. The van der Waals surface area contributed by atoms with Gasteiger partial charge in [0.1, 0.15) is 17.8 Å². The van der Waals surface area contributed by atoms with Crippen LogP contribution in [0.15, 0.2) is 47.4 Å². The predicted octanol–water partition coefficient (Wildman–Crippen LogP) is 4.63. The second kappa shape index (κ2) is 8.32. The van der Waals surface area contributed by atoms with E-state index in [0.717, 1.165) is 41.5 Å². The number of amides is 1. The van der Waals surface area contributed by atoms with Crippen molar-refractivity contribution < 1.29 is 14.1 Å². The third kappa shape index (κ3) is 4.31. The molecular weight excluding hydrogens is 420 g/mol. The highest BCUT2D eigenvalue weighted by atomic mass is 16.5. The number of hydrogen-bond donors (Lipinski definition) is 2. The minimum Gasteiger partial charge on any atom is -0.439 e. The number of fused-ring (bicyclic) bond motifs is 2. The molecule has 0 atom stereocenters. The Kier molecular flexibility index (Phi) is 5.33. The molecule has 4 aromatic rings. The molecular formula is C24H26N6O3. The zero-order valence-electron chi connectivity index (χ0n) is 18.9. The minimum absolute atomic E-state index is 0.190. The zero-order valence-corrected chi connectivity index (χ0v) is 18.9. The fraction of sp³-hybridized carbons (Fsp3) is 0.333. The van der Waals surface area contributed by atoms with Crippen LogP contribution in [0.5, 0.6) is 11.6 Å². The lowest BCUT2D eigenvalue weighted by molar-refractivity contribution is 0.254. The number of rotatable bonds is 3. The highest BCUT2D eigenvalue weighted by molar-refractivity contribution is 5.98. The molecule has 0 spiro atoms. The van der Waals surface area contributed by atoms with Gasteiger partial charge < -0.3 is 14.6 Å². The molecule has 1 aromatic carbocycles. The van der Waals surface area contributed by atoms with E-state index < -0.39 is 0 Å². The first-order chi connectivity index (χ1) is 15.9. The number of aromatic nitrogens is 4. The van der Waals surface area contributed by atoms with E-state index >= 15 is 0 Å². The zero-order chi connectivity index (χ0) is 23.0. The fourth-order valence-electron chi connectivity index (χ4n) is 3.84. The summed E-state index contributed by atoms with van der Waals surface area (Å²) in [6, 6.07) is 8.87. The van der Waals surface area contributed by atoms with Crippen LogP contribution in [0, 0.1) is 0 Å². The Labute approximate surface area is 191 Å². The van der Waals surface area contributed by atoms with Crippen molar-refractivity contribution in [3.05, 3.63) is 59.9 Å². The number of carbonyl (C=O) groups is 1. The molecule has 9 nitrogen and oxygen atoms in total. The average molecular weight is 447 g/mol. The van der Waals surface area contributed by atoms with Gasteiger partial charge in [0.05, 0.1) is 16.8 Å². The molecule has 0 bridgehead atoms. The highest BCUT2D eigenvalue weighted by Crippen LogP contribution is 2.29. The monoisotopic (exact) mass is 446 g/mol. The van der Waals surface area contributed by atoms with Crippen LogP contribution < -0.4 is 15.4 Å². The summed E-state index contributed by atoms with van der Waals surface area (Å²) in [5, 5.41) is 11.0. The van der Waals surface area contributed by atoms with Crippen molar-refractivity contribution >= 4 is 22.8 Å². The van der Waals surface area contributed by atoms with Crippen molar-refractivity contribution in [2.45, 2.75) is 45.6 Å². The lowest BCUT2D eigenvalue weighted by Gasteiger charge is -2.12. The van der Waals surface area contributed by atoms with Gasteiger partial charge in [0.25, 0.3) is 0 Å². The molecule has 4 heterocycles. The van der Waals surface area contributed by atoms with Crippen LogP contribution in [0.25, 0.3) is 10.9 Å². The summed E-state index contributed by atoms with van der Waals surface area (Å²) in [5.74, 6) is 2.29. The molecule has 1 amide bonds. The molecule has 3 aromatic heterocycles. The first-order valence-electron chi connectivity index (χ1n) is 11.0. The molecule has 9 heteroatoms. The molecule has 0 radical (unpaired) electrons. The maximum absolute atomic E-state index is 12.8. The van der Waals surface area contributed by atoms with E-state index in [1.807, 2.05) is 45.0 Å². The van der Waals surface area contributed by atoms with Crippen LogP contribution in [0.2, 0.25) is 0 Å². The molecule has 1 aliphatic heterocycles. The van der Waals surface area contributed by atoms with Crippen LogP contribution >= 0.6 is 0 Å². The van der Waals surface area contributed by atoms with Crippen molar-refractivity contribution in [1.82, 2.24) is 25.0 Å². The second-order valence-corrected chi connectivity index (χ2v) is 9.15. The van der Waals surface area contributed by atoms with Crippen molar-refractivity contribution in [2.24, 2.45) is 0 Å². The van der Waals surface area contributed by atoms with E-state index in [-0.39, 0.29) is 11.4 Å². The van der Waals surface area contributed by atoms with Gasteiger partial charge in [-0.15, -0.1) is 0 Å². The molecule has 0 unspecified atom stereocenters. The number of hydrogen-bond acceptors (Lipinski definition) is 7. The number of aryl methyl sites for hydroxylation is 1. The largest absolute Gasteiger partial charge is 0.439 e. The number of nitrogens with zero attached hydrogens (tertiary/aromatic N) is 4. The van der Waals surface area contributed by atoms with Crippen molar-refractivity contribution in [2.75, 3.05) is 11.9 Å². The maximum atomic E-state index is 12.8. The standard InChI is InChI=1S/C24H26N6O3/c1-24(2,3)20-12-21(29-33-20)28-23(31)30-10-8-15-11-16(6-7-19(15)30)32-22-17-13-25-9-4-5-18(17)26-14-27-22/h6-8,10-12,14,25H,4-5,9,13H2,1-3H3,(H,28,29,31). The van der Waals surface area contributed by atoms with Crippen LogP contribution in [-0.4, -0.2) is 32.3 Å². The van der Waals surface area contributed by atoms with Crippen molar-refractivity contribution in [3.8, 4) is 11.6 Å². The number of nitrogens with one attached hydrogen (secondary N) is 2. The third-order valence-corrected chi connectivity index (χ3v) is 5.64. The normalized spacial score (nSPS) is 14.0. The summed E-state index contributed by atoms with van der Waals surface area (Å²) in [5.41, 5.74) is 2.58. The summed E-state index contributed by atoms with van der Waals surface area (Å²) in [6.07, 6.45) is 5.21. The van der Waals surface area contributed by atoms with E-state index in [1.165, 1.54) is 4.57 Å². The van der Waals surface area contributed by atoms with E-state index in [1.54, 1.807) is 18.6 Å². The van der Waals surface area contributed by atoms with Gasteiger partial charge in [-0.25, -0.2) is 14.8 Å². The smallest absolute Gasteiger partial charge is 0.331 e. The van der Waals surface area contributed by atoms with Crippen LogP contribution in [0.4, 0.5) is 10.6 Å². The summed E-state index contributed by atoms with van der Waals surface area (Å²) >= 11 is 0. The van der Waals surface area contributed by atoms with Gasteiger partial charge in [-0.1, -0.05) is 25.9 Å². The number of benzene rings is 1. The first-order valence-corrected chi connectivity index (χ1v) is 11.0. The summed E-state index contributed by atoms with van der Waals surface area (Å²) in [4.78, 5) is 21.6. The predicted molar refractivity (Wildman–Crippen MR) is 124 cm³/mol. The van der Waals surface area contributed by atoms with Gasteiger partial charge in [-0.2, -0.15) is 0 Å². The van der Waals surface area contributed by atoms with Gasteiger partial charge in [-0.3, -0.25) is 9.88 Å². The molecule has 1 aliphatic rings. The topological polar surface area (TPSA) is 107 Å². The Morgan fingerprint density at radius 1 is 1.21 bits per heavy atom. The van der Waals surface area contributed by atoms with E-state index in [0.29, 0.717) is 29.8 Å². The Morgan fingerprint density at radius 2 is 2.09 bits per heavy atom. The Balaban J connectivity index is 1.36. The average Bonchev–Trinajstić information content (AvgIpc) is 3.34. The molecule has 0 fully saturated rings. The molecule has 2 N–H and O–H groups in total. The third-order valence-electron chi connectivity index (χ3n) is 5.64. The van der Waals surface area contributed by atoms with Gasteiger partial charge >= 0.3 is 6.03 Å². The van der Waals surface area contributed by atoms with Gasteiger partial charge in [0.15, 0.2) is 5.82 Å². The molecule has 0 saturated heterocycles. The molecule has 170 valence electrons. The fourth-order valence-corrected chi connectivity index (χ4v) is 3.84. The maximum Gasteiger partial charge on any atom is 0.331 e. The molecule has 33 heavy (non-hydrogen) atoms. The lowest BCUT2D eigenvalue weighted by Crippen LogP contribution is -2.18. The Bertz CT molecular complexity index is 1320. The van der Waals surface area contributed by atoms with Gasteiger partial charge in [0.2, 0.25) is 5.88 Å². The minimum atomic E-state index is -0.320. The van der Waals surface area contributed by atoms with Crippen LogP contribution in [0.1, 0.15) is 44.2 Å². The van der Waals surface area contributed by atoms with E-state index in [4.69, 9.17) is 9.26 Å². The molecule has 5 rings (SSSR count). The number of ether oxygens (including phenoxy) is 1. The van der Waals surface area contributed by atoms with Crippen LogP contribution in [-0.2, 0) is 18.4 Å². The SMILES string of the molecule is CC(C)(C)c1cc(NC(=O)n2ccc3cc(Oc4ncnc5c4CNCCC5)ccc32)no1. The van der Waals surface area contributed by atoms with Crippen LogP contribution in [0.3, 0.4) is 0 Å². The van der Waals surface area contributed by atoms with Gasteiger partial charge in [-0.05, 0) is 43.7 Å². The number of carbonyl (C=O) groups excluding carboxylic acids is 1. The second-order valence-electron chi connectivity index (χ2n) is 9.15. The first kappa shape index (κ1) is 21.1. The van der Waals surface area contributed by atoms with Gasteiger partial charge in [0, 0.05) is 29.6 Å². The van der Waals surface area contributed by atoms with E-state index in [2.05, 4.69) is 25.8 Å². The lowest BCUT2D eigenvalue weighted by atomic mass is 9.93. The quantitative estimate of drug-likeness (QED) is 0.473. The van der Waals surface area contributed by atoms with Crippen molar-refractivity contribution in [3.63, 3.8) is 0 Å².